The average molecular weight is 177 g/mol. The van der Waals surface area contributed by atoms with E-state index in [0.29, 0.717) is 6.54 Å². The average Bonchev–Trinajstić information content (AvgIpc) is 2.07. The summed E-state index contributed by atoms with van der Waals surface area (Å²) in [6.45, 7) is 4.49. The van der Waals surface area contributed by atoms with Crippen LogP contribution in [0, 0.1) is 13.8 Å². The number of rotatable bonds is 2. The van der Waals surface area contributed by atoms with Gasteiger partial charge < -0.3 is 0 Å². The number of nitrogens with zero attached hydrogens (tertiary/aromatic N) is 3. The van der Waals surface area contributed by atoms with Crippen LogP contribution in [0.15, 0.2) is 23.3 Å². The molecule has 0 amide bonds. The van der Waals surface area contributed by atoms with Crippen molar-refractivity contribution in [2.24, 2.45) is 5.11 Å². The van der Waals surface area contributed by atoms with Crippen LogP contribution >= 0.6 is 0 Å². The molecular weight excluding hydrogens is 162 g/mol. The molecule has 1 aromatic carbocycles. The minimum Gasteiger partial charge on any atom is -0.0893 e. The zero-order valence-corrected chi connectivity index (χ0v) is 7.28. The van der Waals surface area contributed by atoms with E-state index >= 15 is 0 Å². The molecule has 0 heterocycles. The first-order valence-electron chi connectivity index (χ1n) is 3.81. The maximum absolute atomic E-state index is 8.15. The van der Waals surface area contributed by atoms with Crippen molar-refractivity contribution in [3.8, 4) is 0 Å². The Bertz CT molecular complexity index is 325. The lowest BCUT2D eigenvalue weighted by Gasteiger charge is -2.02. The second-order valence-corrected chi connectivity index (χ2v) is 2.82. The fraction of sp³-hybridized carbons (Fsp3) is 0.400. The van der Waals surface area contributed by atoms with Gasteiger partial charge in [-0.05, 0) is 30.5 Å². The normalized spacial score (nSPS) is 8.46. The van der Waals surface area contributed by atoms with Gasteiger partial charge in [-0.25, -0.2) is 0 Å². The summed E-state index contributed by atoms with van der Waals surface area (Å²) in [6.07, 6.45) is 0. The summed E-state index contributed by atoms with van der Waals surface area (Å²) < 4.78 is 0. The van der Waals surface area contributed by atoms with Crippen molar-refractivity contribution in [3.63, 3.8) is 0 Å². The summed E-state index contributed by atoms with van der Waals surface area (Å²) >= 11 is 0. The highest BCUT2D eigenvalue weighted by atomic mass is 15.1. The molecule has 0 N–H and O–H groups in total. The number of aryl methyl sites for hydroxylation is 2. The van der Waals surface area contributed by atoms with Gasteiger partial charge in [0.25, 0.3) is 0 Å². The summed E-state index contributed by atoms with van der Waals surface area (Å²) in [5, 5.41) is 3.52. The van der Waals surface area contributed by atoms with Crippen LogP contribution in [0.4, 0.5) is 0 Å². The molecule has 3 heteroatoms. The Labute approximate surface area is 79.0 Å². The zero-order valence-electron chi connectivity index (χ0n) is 7.28. The molecule has 0 fully saturated rings. The predicted molar refractivity (Wildman–Crippen MR) is 55.5 cm³/mol. The summed E-state index contributed by atoms with van der Waals surface area (Å²) in [5.41, 5.74) is 11.6. The fourth-order valence-electron chi connectivity index (χ4n) is 1.08. The van der Waals surface area contributed by atoms with Gasteiger partial charge in [0.1, 0.15) is 0 Å². The Balaban J connectivity index is 0.00000144. The molecule has 0 unspecified atom stereocenters. The maximum Gasteiger partial charge on any atom is 0.0513 e. The van der Waals surface area contributed by atoms with Gasteiger partial charge in [0.05, 0.1) is 6.54 Å². The van der Waals surface area contributed by atoms with Crippen molar-refractivity contribution in [2.45, 2.75) is 27.8 Å². The summed E-state index contributed by atoms with van der Waals surface area (Å²) in [5.74, 6) is 0. The second-order valence-electron chi connectivity index (χ2n) is 2.82. The highest BCUT2D eigenvalue weighted by molar-refractivity contribution is 5.30. The number of benzene rings is 1. The Hall–Kier alpha value is -1.47. The monoisotopic (exact) mass is 177 g/mol. The van der Waals surface area contributed by atoms with E-state index in [0.717, 1.165) is 5.56 Å². The molecule has 0 radical (unpaired) electrons. The molecule has 1 aromatic rings. The first-order chi connectivity index (χ1) is 5.74. The van der Waals surface area contributed by atoms with E-state index in [4.69, 9.17) is 5.53 Å². The summed E-state index contributed by atoms with van der Waals surface area (Å²) in [6, 6.07) is 6.14. The highest BCUT2D eigenvalue weighted by Gasteiger charge is 1.95. The molecule has 0 aromatic heterocycles. The molecule has 0 saturated carbocycles. The summed E-state index contributed by atoms with van der Waals surface area (Å²) in [4.78, 5) is 2.73. The van der Waals surface area contributed by atoms with Crippen molar-refractivity contribution < 1.29 is 0 Å². The lowest BCUT2D eigenvalue weighted by atomic mass is 10.1. The van der Waals surface area contributed by atoms with Gasteiger partial charge >= 0.3 is 0 Å². The molecule has 0 aliphatic rings. The van der Waals surface area contributed by atoms with Crippen LogP contribution < -0.4 is 0 Å². The molecule has 0 atom stereocenters. The van der Waals surface area contributed by atoms with Crippen LogP contribution in [-0.2, 0) is 6.54 Å². The van der Waals surface area contributed by atoms with Gasteiger partial charge in [0.15, 0.2) is 0 Å². The molecule has 13 heavy (non-hydrogen) atoms. The predicted octanol–water partition coefficient (Wildman–Crippen LogP) is 3.75. The number of hydrogen-bond donors (Lipinski definition) is 0. The highest BCUT2D eigenvalue weighted by Crippen LogP contribution is 2.11. The van der Waals surface area contributed by atoms with Crippen molar-refractivity contribution in [1.82, 2.24) is 0 Å². The third kappa shape index (κ3) is 3.18. The summed E-state index contributed by atoms with van der Waals surface area (Å²) in [7, 11) is 0. The molecule has 1 rings (SSSR count). The van der Waals surface area contributed by atoms with Gasteiger partial charge in [0, 0.05) is 4.91 Å². The molecule has 0 saturated heterocycles. The number of azide groups is 1. The van der Waals surface area contributed by atoms with Gasteiger partial charge in [-0.2, -0.15) is 0 Å². The van der Waals surface area contributed by atoms with E-state index in [1.807, 2.05) is 26.0 Å². The second kappa shape index (κ2) is 5.22. The van der Waals surface area contributed by atoms with Gasteiger partial charge in [0.2, 0.25) is 0 Å². The Morgan fingerprint density at radius 1 is 1.38 bits per heavy atom. The smallest absolute Gasteiger partial charge is 0.0513 e. The third-order valence-corrected chi connectivity index (χ3v) is 1.81. The Kier molecular flexibility index (Phi) is 4.63. The topological polar surface area (TPSA) is 48.8 Å². The molecule has 0 spiro atoms. The first kappa shape index (κ1) is 11.5. The molecule has 3 nitrogen and oxygen atoms in total. The third-order valence-electron chi connectivity index (χ3n) is 1.81. The Morgan fingerprint density at radius 3 is 2.69 bits per heavy atom. The standard InChI is InChI=1S/C9H11N3.CH4/c1-7-3-4-8(2)9(5-7)6-11-12-10;/h3-5H,6H2,1-2H3;1H4. The SMILES string of the molecule is C.Cc1ccc(C)c(CN=[N+]=[N-])c1. The fourth-order valence-corrected chi connectivity index (χ4v) is 1.08. The van der Waals surface area contributed by atoms with Crippen LogP contribution in [0.25, 0.3) is 10.4 Å². The minimum absolute atomic E-state index is 0. The maximum atomic E-state index is 8.15. The minimum atomic E-state index is 0. The first-order valence-corrected chi connectivity index (χ1v) is 3.81. The van der Waals surface area contributed by atoms with E-state index < -0.39 is 0 Å². The van der Waals surface area contributed by atoms with Crippen LogP contribution in [0.3, 0.4) is 0 Å². The van der Waals surface area contributed by atoms with E-state index in [1.54, 1.807) is 0 Å². The zero-order chi connectivity index (χ0) is 8.97. The van der Waals surface area contributed by atoms with Gasteiger partial charge in [-0.15, -0.1) is 0 Å². The molecular formula is C10H15N3. The van der Waals surface area contributed by atoms with E-state index in [-0.39, 0.29) is 7.43 Å². The van der Waals surface area contributed by atoms with E-state index in [9.17, 15) is 0 Å². The van der Waals surface area contributed by atoms with Crippen LogP contribution in [0.1, 0.15) is 24.1 Å². The van der Waals surface area contributed by atoms with Crippen LogP contribution in [-0.4, -0.2) is 0 Å². The van der Waals surface area contributed by atoms with Gasteiger partial charge in [-0.3, -0.25) is 0 Å². The van der Waals surface area contributed by atoms with Crippen molar-refractivity contribution in [2.75, 3.05) is 0 Å². The molecule has 0 bridgehead atoms. The largest absolute Gasteiger partial charge is 0.0893 e. The van der Waals surface area contributed by atoms with Gasteiger partial charge in [-0.1, -0.05) is 36.3 Å². The van der Waals surface area contributed by atoms with E-state index in [2.05, 4.69) is 16.1 Å². The van der Waals surface area contributed by atoms with Crippen molar-refractivity contribution in [1.29, 1.82) is 0 Å². The van der Waals surface area contributed by atoms with Crippen molar-refractivity contribution in [3.05, 3.63) is 45.3 Å². The molecule has 0 aliphatic carbocycles. The van der Waals surface area contributed by atoms with Crippen LogP contribution in [0.2, 0.25) is 0 Å². The Morgan fingerprint density at radius 2 is 2.08 bits per heavy atom. The van der Waals surface area contributed by atoms with Crippen LogP contribution in [0.5, 0.6) is 0 Å². The molecule has 70 valence electrons. The quantitative estimate of drug-likeness (QED) is 0.375. The van der Waals surface area contributed by atoms with E-state index in [1.165, 1.54) is 11.1 Å². The lowest BCUT2D eigenvalue weighted by molar-refractivity contribution is 1.02. The lowest BCUT2D eigenvalue weighted by Crippen LogP contribution is -1.87. The molecule has 0 aliphatic heterocycles. The van der Waals surface area contributed by atoms with Crippen molar-refractivity contribution >= 4 is 0 Å². The number of hydrogen-bond acceptors (Lipinski definition) is 1.